The molecule has 0 aromatic rings. The van der Waals surface area contributed by atoms with Gasteiger partial charge in [0.05, 0.1) is 0 Å². The van der Waals surface area contributed by atoms with Crippen LogP contribution in [-0.2, 0) is 0 Å². The molecule has 0 aromatic heterocycles. The van der Waals surface area contributed by atoms with E-state index in [-0.39, 0.29) is 0 Å². The fourth-order valence-corrected chi connectivity index (χ4v) is 1.53. The van der Waals surface area contributed by atoms with Crippen molar-refractivity contribution in [3.05, 3.63) is 12.3 Å². The number of rotatable bonds is 3. The molecule has 68 valence electrons. The Hall–Kier alpha value is -0.830. The first-order valence-corrected chi connectivity index (χ1v) is 4.50. The maximum Gasteiger partial charge on any atom is 0.0256 e. The van der Waals surface area contributed by atoms with E-state index in [1.807, 2.05) is 6.20 Å². The van der Waals surface area contributed by atoms with Crippen LogP contribution in [0.5, 0.6) is 0 Å². The molecule has 0 radical (unpaired) electrons. The lowest BCUT2D eigenvalue weighted by Crippen LogP contribution is -2.34. The Morgan fingerprint density at radius 1 is 1.25 bits per heavy atom. The van der Waals surface area contributed by atoms with Gasteiger partial charge in [0, 0.05) is 18.3 Å². The van der Waals surface area contributed by atoms with E-state index in [1.54, 1.807) is 6.08 Å². The number of hydrogen-bond donors (Lipinski definition) is 3. The Bertz CT molecular complexity index is 157. The molecular formula is C9H17N3. The van der Waals surface area contributed by atoms with Crippen molar-refractivity contribution in [3.8, 4) is 0 Å². The standard InChI is InChI=1S/C9H17N3/c10-6-1-7-12-9-4-2-8(11)3-5-9/h1,6-10,12H,2-5,11H2/b7-1-,10-6?/t8-,9-. The highest BCUT2D eigenvalue weighted by atomic mass is 14.9. The van der Waals surface area contributed by atoms with Gasteiger partial charge in [-0.05, 0) is 38.0 Å². The molecule has 0 aromatic carbocycles. The highest BCUT2D eigenvalue weighted by molar-refractivity contribution is 5.67. The Labute approximate surface area is 73.5 Å². The van der Waals surface area contributed by atoms with E-state index in [0.717, 1.165) is 25.7 Å². The Balaban J connectivity index is 2.17. The molecule has 0 bridgehead atoms. The molecule has 1 aliphatic carbocycles. The zero-order valence-electron chi connectivity index (χ0n) is 7.29. The van der Waals surface area contributed by atoms with Gasteiger partial charge in [0.15, 0.2) is 0 Å². The molecule has 0 aliphatic heterocycles. The van der Waals surface area contributed by atoms with Crippen molar-refractivity contribution in [2.24, 2.45) is 5.73 Å². The number of nitrogens with two attached hydrogens (primary N) is 1. The largest absolute Gasteiger partial charge is 0.388 e. The SMILES string of the molecule is N=C/C=C\N[C@H]1CC[C@H](N)CC1. The van der Waals surface area contributed by atoms with Gasteiger partial charge < -0.3 is 16.5 Å². The Morgan fingerprint density at radius 2 is 1.92 bits per heavy atom. The van der Waals surface area contributed by atoms with Gasteiger partial charge in [-0.15, -0.1) is 0 Å². The highest BCUT2D eigenvalue weighted by Crippen LogP contribution is 2.16. The fraction of sp³-hybridized carbons (Fsp3) is 0.667. The van der Waals surface area contributed by atoms with Crippen LogP contribution in [0.2, 0.25) is 0 Å². The van der Waals surface area contributed by atoms with E-state index in [9.17, 15) is 0 Å². The fourth-order valence-electron chi connectivity index (χ4n) is 1.53. The summed E-state index contributed by atoms with van der Waals surface area (Å²) in [6.45, 7) is 0. The van der Waals surface area contributed by atoms with Gasteiger partial charge in [-0.2, -0.15) is 0 Å². The van der Waals surface area contributed by atoms with Gasteiger partial charge in [0.1, 0.15) is 0 Å². The summed E-state index contributed by atoms with van der Waals surface area (Å²) in [6, 6.07) is 0.982. The Kier molecular flexibility index (Phi) is 3.80. The molecule has 1 aliphatic rings. The van der Waals surface area contributed by atoms with Crippen LogP contribution in [0.1, 0.15) is 25.7 Å². The first-order chi connectivity index (χ1) is 5.83. The van der Waals surface area contributed by atoms with Gasteiger partial charge in [-0.3, -0.25) is 0 Å². The summed E-state index contributed by atoms with van der Waals surface area (Å²) in [5.41, 5.74) is 5.77. The molecule has 1 fully saturated rings. The van der Waals surface area contributed by atoms with Crippen LogP contribution in [0.15, 0.2) is 12.3 Å². The van der Waals surface area contributed by atoms with Crippen LogP contribution in [0, 0.1) is 5.41 Å². The predicted molar refractivity (Wildman–Crippen MR) is 51.3 cm³/mol. The number of allylic oxidation sites excluding steroid dienone is 1. The summed E-state index contributed by atoms with van der Waals surface area (Å²) >= 11 is 0. The average molecular weight is 167 g/mol. The topological polar surface area (TPSA) is 61.9 Å². The highest BCUT2D eigenvalue weighted by Gasteiger charge is 2.16. The molecule has 0 spiro atoms. The van der Waals surface area contributed by atoms with Crippen molar-refractivity contribution in [1.29, 1.82) is 5.41 Å². The lowest BCUT2D eigenvalue weighted by molar-refractivity contribution is 0.366. The normalized spacial score (nSPS) is 30.4. The van der Waals surface area contributed by atoms with Gasteiger partial charge in [0.2, 0.25) is 0 Å². The van der Waals surface area contributed by atoms with Crippen LogP contribution < -0.4 is 11.1 Å². The quantitative estimate of drug-likeness (QED) is 0.549. The molecule has 0 saturated heterocycles. The maximum absolute atomic E-state index is 6.78. The third-order valence-electron chi connectivity index (χ3n) is 2.30. The molecule has 1 rings (SSSR count). The second kappa shape index (κ2) is 4.93. The van der Waals surface area contributed by atoms with Crippen molar-refractivity contribution in [2.75, 3.05) is 0 Å². The van der Waals surface area contributed by atoms with Crippen molar-refractivity contribution in [3.63, 3.8) is 0 Å². The van der Waals surface area contributed by atoms with Crippen LogP contribution in [-0.4, -0.2) is 18.3 Å². The molecule has 12 heavy (non-hydrogen) atoms. The van der Waals surface area contributed by atoms with E-state index in [0.29, 0.717) is 12.1 Å². The number of hydrogen-bond acceptors (Lipinski definition) is 3. The van der Waals surface area contributed by atoms with Gasteiger partial charge in [-0.25, -0.2) is 0 Å². The van der Waals surface area contributed by atoms with Gasteiger partial charge in [-0.1, -0.05) is 0 Å². The summed E-state index contributed by atoms with van der Waals surface area (Å²) in [6.07, 6.45) is 9.38. The molecule has 3 nitrogen and oxygen atoms in total. The first-order valence-electron chi connectivity index (χ1n) is 4.50. The van der Waals surface area contributed by atoms with Crippen LogP contribution in [0.3, 0.4) is 0 Å². The smallest absolute Gasteiger partial charge is 0.0256 e. The lowest BCUT2D eigenvalue weighted by Gasteiger charge is -2.26. The maximum atomic E-state index is 6.78. The molecule has 3 heteroatoms. The van der Waals surface area contributed by atoms with Crippen molar-refractivity contribution >= 4 is 6.21 Å². The third-order valence-corrected chi connectivity index (χ3v) is 2.30. The van der Waals surface area contributed by atoms with E-state index in [1.165, 1.54) is 6.21 Å². The summed E-state index contributed by atoms with van der Waals surface area (Å²) in [4.78, 5) is 0. The monoisotopic (exact) mass is 167 g/mol. The number of nitrogens with one attached hydrogen (secondary N) is 2. The second-order valence-corrected chi connectivity index (χ2v) is 3.30. The molecule has 0 amide bonds. The van der Waals surface area contributed by atoms with Crippen LogP contribution in [0.4, 0.5) is 0 Å². The zero-order valence-corrected chi connectivity index (χ0v) is 7.29. The van der Waals surface area contributed by atoms with Gasteiger partial charge in [0.25, 0.3) is 0 Å². The minimum atomic E-state index is 0.412. The molecule has 1 saturated carbocycles. The van der Waals surface area contributed by atoms with E-state index >= 15 is 0 Å². The van der Waals surface area contributed by atoms with E-state index < -0.39 is 0 Å². The average Bonchev–Trinajstić information content (AvgIpc) is 2.09. The molecule has 0 unspecified atom stereocenters. The summed E-state index contributed by atoms with van der Waals surface area (Å²) < 4.78 is 0. The van der Waals surface area contributed by atoms with Crippen molar-refractivity contribution in [2.45, 2.75) is 37.8 Å². The summed E-state index contributed by atoms with van der Waals surface area (Å²) in [5.74, 6) is 0. The van der Waals surface area contributed by atoms with Crippen LogP contribution >= 0.6 is 0 Å². The summed E-state index contributed by atoms with van der Waals surface area (Å²) in [5, 5.41) is 10.0. The predicted octanol–water partition coefficient (Wildman–Crippen LogP) is 1.01. The first kappa shape index (κ1) is 9.26. The van der Waals surface area contributed by atoms with Crippen molar-refractivity contribution in [1.82, 2.24) is 5.32 Å². The minimum Gasteiger partial charge on any atom is -0.388 e. The third kappa shape index (κ3) is 3.05. The van der Waals surface area contributed by atoms with E-state index in [2.05, 4.69) is 5.32 Å². The molecule has 4 N–H and O–H groups in total. The second-order valence-electron chi connectivity index (χ2n) is 3.30. The summed E-state index contributed by atoms with van der Waals surface area (Å²) in [7, 11) is 0. The minimum absolute atomic E-state index is 0.412. The zero-order chi connectivity index (χ0) is 8.81. The lowest BCUT2D eigenvalue weighted by atomic mass is 9.92. The van der Waals surface area contributed by atoms with E-state index in [4.69, 9.17) is 11.1 Å². The van der Waals surface area contributed by atoms with Gasteiger partial charge >= 0.3 is 0 Å². The Morgan fingerprint density at radius 3 is 2.50 bits per heavy atom. The molecule has 0 heterocycles. The molecule has 0 atom stereocenters. The van der Waals surface area contributed by atoms with Crippen molar-refractivity contribution < 1.29 is 0 Å². The molecular weight excluding hydrogens is 150 g/mol. The van der Waals surface area contributed by atoms with Crippen LogP contribution in [0.25, 0.3) is 0 Å².